The summed E-state index contributed by atoms with van der Waals surface area (Å²) in [6, 6.07) is 3.68. The largest absolute Gasteiger partial charge is 0.462 e. The van der Waals surface area contributed by atoms with Crippen LogP contribution in [0, 0.1) is 16.7 Å². The molecular weight excluding hydrogens is 490 g/mol. The summed E-state index contributed by atoms with van der Waals surface area (Å²) in [6.45, 7) is 16.8. The molecule has 0 bridgehead atoms. The Bertz CT molecular complexity index is 972. The number of carbonyl (C=O) groups excluding carboxylic acids is 4. The third kappa shape index (κ3) is 14.1. The number of benzene rings is 1. The maximum absolute atomic E-state index is 12.5. The van der Waals surface area contributed by atoms with Crippen LogP contribution in [0.1, 0.15) is 87.1 Å². The van der Waals surface area contributed by atoms with E-state index >= 15 is 0 Å². The quantitative estimate of drug-likeness (QED) is 0.297. The Kier molecular flexibility index (Phi) is 12.4. The number of carbonyl (C=O) groups is 4. The minimum Gasteiger partial charge on any atom is -0.462 e. The van der Waals surface area contributed by atoms with Crippen molar-refractivity contribution in [1.29, 1.82) is 0 Å². The Hall–Kier alpha value is -2.94. The first-order valence-corrected chi connectivity index (χ1v) is 13.0. The molecule has 1 aromatic carbocycles. The van der Waals surface area contributed by atoms with E-state index in [0.717, 1.165) is 0 Å². The van der Waals surface area contributed by atoms with Crippen molar-refractivity contribution in [3.8, 4) is 11.5 Å². The van der Waals surface area contributed by atoms with Crippen LogP contribution in [0.5, 0.6) is 11.5 Å². The van der Waals surface area contributed by atoms with Gasteiger partial charge in [0.1, 0.15) is 18.8 Å². The zero-order valence-corrected chi connectivity index (χ0v) is 24.3. The minimum atomic E-state index is -1.02. The van der Waals surface area contributed by atoms with Crippen LogP contribution in [0.2, 0.25) is 0 Å². The van der Waals surface area contributed by atoms with Gasteiger partial charge in [0.25, 0.3) is 0 Å². The number of ether oxygens (including phenoxy) is 4. The van der Waals surface area contributed by atoms with Crippen LogP contribution < -0.4 is 15.2 Å². The van der Waals surface area contributed by atoms with Crippen LogP contribution >= 0.6 is 0 Å². The maximum Gasteiger partial charge on any atom is 0.323 e. The van der Waals surface area contributed by atoms with Crippen LogP contribution in [0.4, 0.5) is 0 Å². The summed E-state index contributed by atoms with van der Waals surface area (Å²) in [7, 11) is 0. The molecule has 0 aliphatic heterocycles. The van der Waals surface area contributed by atoms with Gasteiger partial charge in [-0.3, -0.25) is 19.2 Å². The lowest BCUT2D eigenvalue weighted by Gasteiger charge is -2.20. The third-order valence-corrected chi connectivity index (χ3v) is 4.93. The fourth-order valence-electron chi connectivity index (χ4n) is 3.29. The second-order valence-corrected chi connectivity index (χ2v) is 12.5. The number of hydrogen-bond donors (Lipinski definition) is 1. The summed E-state index contributed by atoms with van der Waals surface area (Å²) in [5, 5.41) is 0. The van der Waals surface area contributed by atoms with E-state index in [1.54, 1.807) is 13.0 Å². The SMILES string of the molecule is CC(C)CC(=O)OC[C@H](C)OC(=O)[C@@H](N)Cc1ccc(OC(=O)CC(C)(C)C)c(OC(=O)CC(C)(C)C)c1. The van der Waals surface area contributed by atoms with E-state index in [-0.39, 0.29) is 66.5 Å². The maximum atomic E-state index is 12.5. The van der Waals surface area contributed by atoms with E-state index < -0.39 is 30.1 Å². The van der Waals surface area contributed by atoms with Gasteiger partial charge in [0.05, 0.1) is 12.8 Å². The highest BCUT2D eigenvalue weighted by atomic mass is 16.6. The number of nitrogens with two attached hydrogens (primary N) is 1. The van der Waals surface area contributed by atoms with Crippen molar-refractivity contribution >= 4 is 23.9 Å². The smallest absolute Gasteiger partial charge is 0.323 e. The molecule has 2 atom stereocenters. The zero-order valence-electron chi connectivity index (χ0n) is 24.3. The highest BCUT2D eigenvalue weighted by Crippen LogP contribution is 2.32. The lowest BCUT2D eigenvalue weighted by molar-refractivity contribution is -0.159. The van der Waals surface area contributed by atoms with Crippen molar-refractivity contribution < 1.29 is 38.1 Å². The van der Waals surface area contributed by atoms with Gasteiger partial charge in [-0.2, -0.15) is 0 Å². The molecule has 0 aliphatic rings. The first kappa shape index (κ1) is 33.1. The summed E-state index contributed by atoms with van der Waals surface area (Å²) < 4.78 is 21.5. The zero-order chi connectivity index (χ0) is 29.3. The van der Waals surface area contributed by atoms with Crippen molar-refractivity contribution in [1.82, 2.24) is 0 Å². The molecule has 0 heterocycles. The Labute approximate surface area is 226 Å². The number of rotatable bonds is 12. The highest BCUT2D eigenvalue weighted by molar-refractivity contribution is 5.78. The summed E-state index contributed by atoms with van der Waals surface area (Å²) >= 11 is 0. The molecule has 0 saturated carbocycles. The molecule has 0 amide bonds. The normalized spacial score (nSPS) is 13.4. The molecule has 2 N–H and O–H groups in total. The first-order chi connectivity index (χ1) is 17.3. The number of esters is 4. The van der Waals surface area contributed by atoms with Gasteiger partial charge in [0.15, 0.2) is 11.5 Å². The molecule has 9 heteroatoms. The molecule has 1 rings (SSSR count). The molecule has 0 unspecified atom stereocenters. The summed E-state index contributed by atoms with van der Waals surface area (Å²) in [5.74, 6) is -1.61. The summed E-state index contributed by atoms with van der Waals surface area (Å²) in [5.41, 5.74) is 6.07. The lowest BCUT2D eigenvalue weighted by atomic mass is 9.92. The van der Waals surface area contributed by atoms with Crippen LogP contribution in [0.25, 0.3) is 0 Å². The summed E-state index contributed by atoms with van der Waals surface area (Å²) in [6.07, 6.45) is 0.0237. The van der Waals surface area contributed by atoms with E-state index in [1.165, 1.54) is 12.1 Å². The van der Waals surface area contributed by atoms with Crippen molar-refractivity contribution in [2.75, 3.05) is 6.61 Å². The molecule has 38 heavy (non-hydrogen) atoms. The molecule has 0 saturated heterocycles. The Balaban J connectivity index is 2.93. The molecule has 9 nitrogen and oxygen atoms in total. The van der Waals surface area contributed by atoms with Crippen LogP contribution in [0.15, 0.2) is 18.2 Å². The molecule has 0 spiro atoms. The molecule has 214 valence electrons. The highest BCUT2D eigenvalue weighted by Gasteiger charge is 2.24. The molecule has 0 fully saturated rings. The van der Waals surface area contributed by atoms with E-state index in [9.17, 15) is 19.2 Å². The molecular formula is C29H45NO8. The average molecular weight is 536 g/mol. The Morgan fingerprint density at radius 3 is 1.84 bits per heavy atom. The van der Waals surface area contributed by atoms with Crippen molar-refractivity contribution in [3.05, 3.63) is 23.8 Å². The van der Waals surface area contributed by atoms with Crippen LogP contribution in [0.3, 0.4) is 0 Å². The van der Waals surface area contributed by atoms with Gasteiger partial charge in [0.2, 0.25) is 0 Å². The lowest BCUT2D eigenvalue weighted by Crippen LogP contribution is -2.37. The second-order valence-electron chi connectivity index (χ2n) is 12.5. The summed E-state index contributed by atoms with van der Waals surface area (Å²) in [4.78, 5) is 49.2. The Morgan fingerprint density at radius 1 is 0.816 bits per heavy atom. The average Bonchev–Trinajstić information content (AvgIpc) is 2.70. The first-order valence-electron chi connectivity index (χ1n) is 13.0. The fourth-order valence-corrected chi connectivity index (χ4v) is 3.29. The fraction of sp³-hybridized carbons (Fsp3) is 0.655. The second kappa shape index (κ2) is 14.3. The molecule has 1 aromatic rings. The monoisotopic (exact) mass is 535 g/mol. The van der Waals surface area contributed by atoms with E-state index in [0.29, 0.717) is 5.56 Å². The van der Waals surface area contributed by atoms with Crippen molar-refractivity contribution in [2.24, 2.45) is 22.5 Å². The predicted octanol–water partition coefficient (Wildman–Crippen LogP) is 4.76. The standard InChI is InChI=1S/C29H45NO8/c1-18(2)12-24(31)35-17-19(3)36-27(34)21(30)13-20-10-11-22(37-25(32)15-28(4,5)6)23(14-20)38-26(33)16-29(7,8)9/h10-11,14,18-19,21H,12-13,15-17,30H2,1-9H3/t19-,21-/m0/s1. The van der Waals surface area contributed by atoms with Gasteiger partial charge in [0, 0.05) is 6.42 Å². The van der Waals surface area contributed by atoms with Gasteiger partial charge in [-0.1, -0.05) is 61.5 Å². The van der Waals surface area contributed by atoms with Gasteiger partial charge in [-0.05, 0) is 47.8 Å². The van der Waals surface area contributed by atoms with E-state index in [1.807, 2.05) is 55.4 Å². The van der Waals surface area contributed by atoms with Crippen LogP contribution in [-0.2, 0) is 35.1 Å². The topological polar surface area (TPSA) is 131 Å². The van der Waals surface area contributed by atoms with Crippen molar-refractivity contribution in [3.63, 3.8) is 0 Å². The molecule has 0 aliphatic carbocycles. The molecule has 0 radical (unpaired) electrons. The minimum absolute atomic E-state index is 0.0630. The van der Waals surface area contributed by atoms with Gasteiger partial charge in [-0.25, -0.2) is 0 Å². The van der Waals surface area contributed by atoms with Crippen molar-refractivity contribution in [2.45, 2.75) is 100 Å². The Morgan fingerprint density at radius 2 is 1.34 bits per heavy atom. The van der Waals surface area contributed by atoms with Gasteiger partial charge < -0.3 is 24.7 Å². The van der Waals surface area contributed by atoms with Gasteiger partial charge in [-0.15, -0.1) is 0 Å². The van der Waals surface area contributed by atoms with Gasteiger partial charge >= 0.3 is 23.9 Å². The van der Waals surface area contributed by atoms with E-state index in [4.69, 9.17) is 24.7 Å². The third-order valence-electron chi connectivity index (χ3n) is 4.93. The van der Waals surface area contributed by atoms with Crippen LogP contribution in [-0.4, -0.2) is 42.6 Å². The number of hydrogen-bond acceptors (Lipinski definition) is 9. The van der Waals surface area contributed by atoms with E-state index in [2.05, 4.69) is 0 Å². The predicted molar refractivity (Wildman–Crippen MR) is 144 cm³/mol. The molecule has 0 aromatic heterocycles.